The molecule has 0 unspecified atom stereocenters. The Hall–Kier alpha value is -1.43. The maximum atomic E-state index is 11.7. The van der Waals surface area contributed by atoms with E-state index in [4.69, 9.17) is 0 Å². The van der Waals surface area contributed by atoms with Gasteiger partial charge in [0.1, 0.15) is 10.3 Å². The van der Waals surface area contributed by atoms with Gasteiger partial charge in [-0.05, 0) is 29.3 Å². The first-order valence-corrected chi connectivity index (χ1v) is 6.11. The molecule has 90 valence electrons. The van der Waals surface area contributed by atoms with Crippen molar-refractivity contribution in [1.29, 1.82) is 0 Å². The molecule has 0 aliphatic carbocycles. The van der Waals surface area contributed by atoms with Gasteiger partial charge in [-0.2, -0.15) is 5.10 Å². The van der Waals surface area contributed by atoms with Gasteiger partial charge in [-0.15, -0.1) is 0 Å². The fourth-order valence-electron chi connectivity index (χ4n) is 1.69. The Balaban J connectivity index is 2.64. The minimum atomic E-state index is -0.168. The van der Waals surface area contributed by atoms with Crippen LogP contribution in [0.3, 0.4) is 0 Å². The Kier molecular flexibility index (Phi) is 3.15. The molecule has 0 aliphatic rings. The molecule has 0 saturated heterocycles. The van der Waals surface area contributed by atoms with E-state index in [9.17, 15) is 4.79 Å². The molecule has 0 radical (unpaired) electrons. The number of aromatic nitrogens is 4. The molecular weight excluding hydrogens is 284 g/mol. The molecule has 1 N–H and O–H groups in total. The summed E-state index contributed by atoms with van der Waals surface area (Å²) in [5.41, 5.74) is 2.31. The van der Waals surface area contributed by atoms with Crippen LogP contribution >= 0.6 is 15.9 Å². The second kappa shape index (κ2) is 4.44. The Bertz CT molecular complexity index is 614. The molecule has 0 aromatic carbocycles. The average molecular weight is 297 g/mol. The molecule has 0 atom stereocenters. The molecule has 2 heterocycles. The lowest BCUT2D eigenvalue weighted by atomic mass is 10.2. The van der Waals surface area contributed by atoms with E-state index in [0.717, 1.165) is 17.7 Å². The van der Waals surface area contributed by atoms with Gasteiger partial charge in [-0.25, -0.2) is 4.98 Å². The van der Waals surface area contributed by atoms with E-state index in [1.54, 1.807) is 11.6 Å². The highest BCUT2D eigenvalue weighted by Gasteiger charge is 2.12. The van der Waals surface area contributed by atoms with E-state index < -0.39 is 0 Å². The molecule has 5 nitrogen and oxygen atoms in total. The summed E-state index contributed by atoms with van der Waals surface area (Å²) < 4.78 is 2.20. The fourth-order valence-corrected chi connectivity index (χ4v) is 1.88. The van der Waals surface area contributed by atoms with Crippen molar-refractivity contribution in [3.8, 4) is 11.4 Å². The van der Waals surface area contributed by atoms with Crippen molar-refractivity contribution in [3.05, 3.63) is 32.4 Å². The summed E-state index contributed by atoms with van der Waals surface area (Å²) in [6, 6.07) is 0. The molecule has 0 bridgehead atoms. The third kappa shape index (κ3) is 2.17. The van der Waals surface area contributed by atoms with Crippen molar-refractivity contribution in [2.45, 2.75) is 20.3 Å². The van der Waals surface area contributed by atoms with Gasteiger partial charge >= 0.3 is 0 Å². The lowest BCUT2D eigenvalue weighted by Crippen LogP contribution is -2.12. The summed E-state index contributed by atoms with van der Waals surface area (Å²) >= 11 is 3.20. The van der Waals surface area contributed by atoms with Crippen LogP contribution in [0.25, 0.3) is 11.4 Å². The largest absolute Gasteiger partial charge is 0.305 e. The SMILES string of the molecule is CCc1nn(C)cc1-c1nc(C)c(Br)c(=O)[nH]1. The summed E-state index contributed by atoms with van der Waals surface area (Å²) in [6.07, 6.45) is 2.67. The van der Waals surface area contributed by atoms with Gasteiger partial charge in [0.15, 0.2) is 0 Å². The number of hydrogen-bond acceptors (Lipinski definition) is 3. The number of hydrogen-bond donors (Lipinski definition) is 1. The number of aromatic amines is 1. The second-order valence-electron chi connectivity index (χ2n) is 3.83. The second-order valence-corrected chi connectivity index (χ2v) is 4.62. The van der Waals surface area contributed by atoms with Gasteiger partial charge in [0.25, 0.3) is 5.56 Å². The monoisotopic (exact) mass is 296 g/mol. The highest BCUT2D eigenvalue weighted by atomic mass is 79.9. The molecule has 6 heteroatoms. The number of H-pyrrole nitrogens is 1. The van der Waals surface area contributed by atoms with Gasteiger partial charge < -0.3 is 4.98 Å². The van der Waals surface area contributed by atoms with Crippen LogP contribution in [0.15, 0.2) is 15.5 Å². The molecule has 0 saturated carbocycles. The van der Waals surface area contributed by atoms with Gasteiger partial charge in [-0.1, -0.05) is 6.92 Å². The lowest BCUT2D eigenvalue weighted by molar-refractivity contribution is 0.746. The first-order chi connectivity index (χ1) is 8.02. The highest BCUT2D eigenvalue weighted by Crippen LogP contribution is 2.20. The molecule has 17 heavy (non-hydrogen) atoms. The minimum absolute atomic E-state index is 0.168. The quantitative estimate of drug-likeness (QED) is 0.919. The first-order valence-electron chi connectivity index (χ1n) is 5.32. The summed E-state index contributed by atoms with van der Waals surface area (Å²) in [4.78, 5) is 18.8. The summed E-state index contributed by atoms with van der Waals surface area (Å²) in [7, 11) is 1.85. The average Bonchev–Trinajstić information content (AvgIpc) is 2.66. The van der Waals surface area contributed by atoms with Crippen LogP contribution in [0.4, 0.5) is 0 Å². The third-order valence-corrected chi connectivity index (χ3v) is 3.46. The van der Waals surface area contributed by atoms with E-state index >= 15 is 0 Å². The van der Waals surface area contributed by atoms with Gasteiger partial charge in [-0.3, -0.25) is 9.48 Å². The van der Waals surface area contributed by atoms with Crippen molar-refractivity contribution in [3.63, 3.8) is 0 Å². The Labute approximate surface area is 107 Å². The van der Waals surface area contributed by atoms with Crippen LogP contribution in [-0.4, -0.2) is 19.7 Å². The van der Waals surface area contributed by atoms with Crippen molar-refractivity contribution in [2.24, 2.45) is 7.05 Å². The molecule has 2 aromatic rings. The van der Waals surface area contributed by atoms with E-state index in [1.807, 2.05) is 20.2 Å². The predicted molar refractivity (Wildman–Crippen MR) is 68.9 cm³/mol. The van der Waals surface area contributed by atoms with Gasteiger partial charge in [0.05, 0.1) is 17.0 Å². The van der Waals surface area contributed by atoms with Crippen LogP contribution < -0.4 is 5.56 Å². The van der Waals surface area contributed by atoms with E-state index in [-0.39, 0.29) is 5.56 Å². The third-order valence-electron chi connectivity index (χ3n) is 2.52. The fraction of sp³-hybridized carbons (Fsp3) is 0.364. The van der Waals surface area contributed by atoms with Crippen LogP contribution in [-0.2, 0) is 13.5 Å². The molecule has 2 aromatic heterocycles. The van der Waals surface area contributed by atoms with E-state index in [2.05, 4.69) is 31.0 Å². The van der Waals surface area contributed by atoms with E-state index in [0.29, 0.717) is 16.0 Å². The number of nitrogens with one attached hydrogen (secondary N) is 1. The molecule has 0 amide bonds. The topological polar surface area (TPSA) is 63.6 Å². The number of halogens is 1. The Morgan fingerprint density at radius 2 is 2.24 bits per heavy atom. The number of rotatable bonds is 2. The zero-order chi connectivity index (χ0) is 12.6. The summed E-state index contributed by atoms with van der Waals surface area (Å²) in [6.45, 7) is 3.82. The molecular formula is C11H13BrN4O. The maximum Gasteiger partial charge on any atom is 0.265 e. The minimum Gasteiger partial charge on any atom is -0.305 e. The molecule has 0 fully saturated rings. The van der Waals surface area contributed by atoms with Crippen LogP contribution in [0.5, 0.6) is 0 Å². The van der Waals surface area contributed by atoms with E-state index in [1.165, 1.54) is 0 Å². The zero-order valence-electron chi connectivity index (χ0n) is 9.91. The molecule has 0 aliphatic heterocycles. The smallest absolute Gasteiger partial charge is 0.265 e. The Morgan fingerprint density at radius 3 is 2.82 bits per heavy atom. The zero-order valence-corrected chi connectivity index (χ0v) is 11.5. The van der Waals surface area contributed by atoms with Gasteiger partial charge in [0.2, 0.25) is 0 Å². The molecule has 0 spiro atoms. The van der Waals surface area contributed by atoms with Crippen molar-refractivity contribution >= 4 is 15.9 Å². The Morgan fingerprint density at radius 1 is 1.53 bits per heavy atom. The van der Waals surface area contributed by atoms with Crippen LogP contribution in [0, 0.1) is 6.92 Å². The summed E-state index contributed by atoms with van der Waals surface area (Å²) in [5, 5.41) is 4.33. The van der Waals surface area contributed by atoms with Crippen molar-refractivity contribution in [2.75, 3.05) is 0 Å². The maximum absolute atomic E-state index is 11.7. The summed E-state index contributed by atoms with van der Waals surface area (Å²) in [5.74, 6) is 0.570. The normalized spacial score (nSPS) is 10.8. The molecule has 2 rings (SSSR count). The van der Waals surface area contributed by atoms with Crippen molar-refractivity contribution < 1.29 is 0 Å². The van der Waals surface area contributed by atoms with Gasteiger partial charge in [0, 0.05) is 13.2 Å². The van der Waals surface area contributed by atoms with Crippen LogP contribution in [0.2, 0.25) is 0 Å². The van der Waals surface area contributed by atoms with Crippen LogP contribution in [0.1, 0.15) is 18.3 Å². The number of nitrogens with zero attached hydrogens (tertiary/aromatic N) is 3. The standard InChI is InChI=1S/C11H13BrN4O/c1-4-8-7(5-16(3)15-8)10-13-6(2)9(12)11(17)14-10/h5H,4H2,1-3H3,(H,13,14,17). The first kappa shape index (κ1) is 12.0. The predicted octanol–water partition coefficient (Wildman–Crippen LogP) is 1.80. The highest BCUT2D eigenvalue weighted by molar-refractivity contribution is 9.10. The number of aryl methyl sites for hydroxylation is 3. The lowest BCUT2D eigenvalue weighted by Gasteiger charge is -2.02. The van der Waals surface area contributed by atoms with Crippen molar-refractivity contribution in [1.82, 2.24) is 19.7 Å².